The largest absolute Gasteiger partial charge is 0.412 e. The van der Waals surface area contributed by atoms with Crippen LogP contribution in [0.15, 0.2) is 0 Å². The monoisotopic (exact) mass is 122 g/mol. The lowest BCUT2D eigenvalue weighted by atomic mass is 10.5. The number of aliphatic hydroxyl groups is 1. The smallest absolute Gasteiger partial charge is 0.119 e. The summed E-state index contributed by atoms with van der Waals surface area (Å²) in [4.78, 5) is 1.65. The molecule has 0 aliphatic carbocycles. The summed E-state index contributed by atoms with van der Waals surface area (Å²) in [6.45, 7) is 0.299. The molecular weight excluding hydrogens is 108 g/mol. The third-order valence-corrected chi connectivity index (χ3v) is 0.807. The number of likely N-dealkylation sites (N-methyl/N-ethyl adjacent to an activating group) is 1. The molecule has 52 valence electrons. The lowest BCUT2D eigenvalue weighted by Gasteiger charge is -2.14. The molecule has 4 heteroatoms. The quantitative estimate of drug-likeness (QED) is 0.416. The zero-order valence-corrected chi connectivity index (χ0v) is 5.26. The van der Waals surface area contributed by atoms with E-state index in [9.17, 15) is 0 Å². The van der Waals surface area contributed by atoms with Crippen molar-refractivity contribution in [2.45, 2.75) is 6.23 Å². The van der Waals surface area contributed by atoms with Gasteiger partial charge in [-0.25, -0.2) is 0 Å². The highest BCUT2D eigenvalue weighted by Gasteiger charge is 1.99. The molecule has 0 radical (unpaired) electrons. The van der Waals surface area contributed by atoms with Gasteiger partial charge in [0.1, 0.15) is 6.23 Å². The van der Waals surface area contributed by atoms with E-state index >= 15 is 0 Å². The van der Waals surface area contributed by atoms with Crippen LogP contribution in [0.2, 0.25) is 0 Å². The number of rotatable bonds is 2. The molecule has 0 aliphatic rings. The molecule has 0 fully saturated rings. The van der Waals surface area contributed by atoms with Gasteiger partial charge in [0.25, 0.3) is 0 Å². The normalized spacial score (nSPS) is 13.1. The number of hydrogen-bond acceptors (Lipinski definition) is 3. The molecule has 1 atom stereocenters. The third kappa shape index (κ3) is 4.01. The molecule has 0 aromatic carbocycles. The predicted octanol–water partition coefficient (Wildman–Crippen LogP) is -2.00. The molecule has 0 aromatic heterocycles. The van der Waals surface area contributed by atoms with Gasteiger partial charge in [-0.05, 0) is 14.1 Å². The first-order valence-electron chi connectivity index (χ1n) is 2.23. The van der Waals surface area contributed by atoms with E-state index in [1.807, 2.05) is 0 Å². The zero-order chi connectivity index (χ0) is 5.86. The summed E-state index contributed by atoms with van der Waals surface area (Å²) in [5, 5.41) is 8.74. The molecule has 0 heterocycles. The molecule has 4 nitrogen and oxygen atoms in total. The molecule has 0 rings (SSSR count). The zero-order valence-electron chi connectivity index (χ0n) is 5.26. The van der Waals surface area contributed by atoms with Crippen LogP contribution in [0, 0.1) is 0 Å². The van der Waals surface area contributed by atoms with Crippen LogP contribution in [0.3, 0.4) is 0 Å². The van der Waals surface area contributed by atoms with Crippen molar-refractivity contribution in [2.24, 2.45) is 5.73 Å². The van der Waals surface area contributed by atoms with Crippen molar-refractivity contribution in [1.82, 2.24) is 4.90 Å². The standard InChI is InChI=1S/C4H12N2O.H2O/c1-6(2)4(7)3-5;/h4,7H,3,5H2,1-2H3;1H2. The maximum atomic E-state index is 8.74. The van der Waals surface area contributed by atoms with Gasteiger partial charge < -0.3 is 16.3 Å². The van der Waals surface area contributed by atoms with Crippen LogP contribution >= 0.6 is 0 Å². The number of aliphatic hydroxyl groups excluding tert-OH is 1. The summed E-state index contributed by atoms with van der Waals surface area (Å²) in [6.07, 6.45) is -0.486. The van der Waals surface area contributed by atoms with Crippen molar-refractivity contribution in [3.05, 3.63) is 0 Å². The Morgan fingerprint density at radius 2 is 2.00 bits per heavy atom. The van der Waals surface area contributed by atoms with Gasteiger partial charge in [0.15, 0.2) is 0 Å². The third-order valence-electron chi connectivity index (χ3n) is 0.807. The minimum atomic E-state index is -0.486. The highest BCUT2D eigenvalue weighted by molar-refractivity contribution is 4.48. The van der Waals surface area contributed by atoms with Crippen LogP contribution in [0.4, 0.5) is 0 Å². The van der Waals surface area contributed by atoms with Crippen molar-refractivity contribution in [3.8, 4) is 0 Å². The fraction of sp³-hybridized carbons (Fsp3) is 1.00. The summed E-state index contributed by atoms with van der Waals surface area (Å²) < 4.78 is 0. The summed E-state index contributed by atoms with van der Waals surface area (Å²) >= 11 is 0. The van der Waals surface area contributed by atoms with E-state index in [1.165, 1.54) is 0 Å². The van der Waals surface area contributed by atoms with Crippen LogP contribution in [0.5, 0.6) is 0 Å². The average molecular weight is 122 g/mol. The Morgan fingerprint density at radius 3 is 2.00 bits per heavy atom. The second kappa shape index (κ2) is 4.99. The second-order valence-corrected chi connectivity index (χ2v) is 1.68. The Morgan fingerprint density at radius 1 is 1.62 bits per heavy atom. The van der Waals surface area contributed by atoms with E-state index in [4.69, 9.17) is 10.8 Å². The van der Waals surface area contributed by atoms with Crippen molar-refractivity contribution < 1.29 is 10.6 Å². The van der Waals surface area contributed by atoms with Gasteiger partial charge >= 0.3 is 0 Å². The van der Waals surface area contributed by atoms with Gasteiger partial charge in [-0.1, -0.05) is 0 Å². The number of nitrogens with two attached hydrogens (primary N) is 1. The molecule has 8 heavy (non-hydrogen) atoms. The first kappa shape index (κ1) is 10.8. The minimum Gasteiger partial charge on any atom is -0.412 e. The molecule has 0 aromatic rings. The molecular formula is C4H14N2O2. The van der Waals surface area contributed by atoms with Crippen molar-refractivity contribution in [2.75, 3.05) is 20.6 Å². The molecule has 0 saturated carbocycles. The molecule has 0 saturated heterocycles. The van der Waals surface area contributed by atoms with E-state index in [0.717, 1.165) is 0 Å². The fourth-order valence-electron chi connectivity index (χ4n) is 0.211. The Hall–Kier alpha value is -0.160. The van der Waals surface area contributed by atoms with Crippen molar-refractivity contribution in [3.63, 3.8) is 0 Å². The van der Waals surface area contributed by atoms with Gasteiger partial charge in [0, 0.05) is 6.54 Å². The Bertz CT molecular complexity index is 49.3. The van der Waals surface area contributed by atoms with Gasteiger partial charge in [-0.3, -0.25) is 4.90 Å². The van der Waals surface area contributed by atoms with E-state index in [-0.39, 0.29) is 5.48 Å². The Balaban J connectivity index is 0. The highest BCUT2D eigenvalue weighted by atomic mass is 16.3. The van der Waals surface area contributed by atoms with Gasteiger partial charge in [-0.15, -0.1) is 0 Å². The second-order valence-electron chi connectivity index (χ2n) is 1.68. The first-order chi connectivity index (χ1) is 3.18. The van der Waals surface area contributed by atoms with Crippen LogP contribution in [-0.4, -0.2) is 42.4 Å². The average Bonchev–Trinajstić information content (AvgIpc) is 1.65. The fourth-order valence-corrected chi connectivity index (χ4v) is 0.211. The van der Waals surface area contributed by atoms with Gasteiger partial charge in [0.2, 0.25) is 0 Å². The number of hydrogen-bond donors (Lipinski definition) is 2. The van der Waals surface area contributed by atoms with Crippen LogP contribution in [-0.2, 0) is 0 Å². The van der Waals surface area contributed by atoms with Gasteiger partial charge in [-0.2, -0.15) is 0 Å². The summed E-state index contributed by atoms with van der Waals surface area (Å²) in [7, 11) is 3.55. The highest BCUT2D eigenvalue weighted by Crippen LogP contribution is 1.79. The molecule has 0 spiro atoms. The maximum absolute atomic E-state index is 8.74. The van der Waals surface area contributed by atoms with Gasteiger partial charge in [0.05, 0.1) is 0 Å². The topological polar surface area (TPSA) is 81.0 Å². The van der Waals surface area contributed by atoms with Crippen molar-refractivity contribution >= 4 is 0 Å². The molecule has 0 bridgehead atoms. The maximum Gasteiger partial charge on any atom is 0.119 e. The Kier molecular flexibility index (Phi) is 6.70. The Labute approximate surface area is 49.2 Å². The predicted molar refractivity (Wildman–Crippen MR) is 32.4 cm³/mol. The summed E-state index contributed by atoms with van der Waals surface area (Å²) in [6, 6.07) is 0. The molecule has 0 amide bonds. The molecule has 1 unspecified atom stereocenters. The number of nitrogens with zero attached hydrogens (tertiary/aromatic N) is 1. The van der Waals surface area contributed by atoms with E-state index in [1.54, 1.807) is 19.0 Å². The van der Waals surface area contributed by atoms with Crippen LogP contribution in [0.25, 0.3) is 0 Å². The SMILES string of the molecule is CN(C)C(O)CN.O. The summed E-state index contributed by atoms with van der Waals surface area (Å²) in [5.74, 6) is 0. The van der Waals surface area contributed by atoms with E-state index in [2.05, 4.69) is 0 Å². The summed E-state index contributed by atoms with van der Waals surface area (Å²) in [5.41, 5.74) is 5.08. The first-order valence-corrected chi connectivity index (χ1v) is 2.23. The van der Waals surface area contributed by atoms with Crippen LogP contribution in [0.1, 0.15) is 0 Å². The van der Waals surface area contributed by atoms with Crippen molar-refractivity contribution in [1.29, 1.82) is 0 Å². The van der Waals surface area contributed by atoms with E-state index < -0.39 is 6.23 Å². The molecule has 0 aliphatic heterocycles. The molecule has 5 N–H and O–H groups in total. The lowest BCUT2D eigenvalue weighted by Crippen LogP contribution is -2.34. The van der Waals surface area contributed by atoms with Crippen LogP contribution < -0.4 is 5.73 Å². The lowest BCUT2D eigenvalue weighted by molar-refractivity contribution is 0.0487. The van der Waals surface area contributed by atoms with E-state index in [0.29, 0.717) is 6.54 Å². The minimum absolute atomic E-state index is 0.